The van der Waals surface area contributed by atoms with Gasteiger partial charge in [0.25, 0.3) is 0 Å². The summed E-state index contributed by atoms with van der Waals surface area (Å²) in [7, 11) is 0. The van der Waals surface area contributed by atoms with E-state index >= 15 is 0 Å². The summed E-state index contributed by atoms with van der Waals surface area (Å²) in [6.45, 7) is 0. The third-order valence-corrected chi connectivity index (χ3v) is 10.7. The number of benzene rings is 7. The summed E-state index contributed by atoms with van der Waals surface area (Å²) in [5.74, 6) is 0.555. The maximum Gasteiger partial charge on any atom is 0.164 e. The molecule has 48 heavy (non-hydrogen) atoms. The van der Waals surface area contributed by atoms with Crippen LogP contribution < -0.4 is 0 Å². The van der Waals surface area contributed by atoms with Gasteiger partial charge in [0.15, 0.2) is 17.5 Å². The van der Waals surface area contributed by atoms with Gasteiger partial charge in [0.1, 0.15) is 0 Å². The smallest absolute Gasteiger partial charge is 0.164 e. The van der Waals surface area contributed by atoms with Crippen LogP contribution in [0.2, 0.25) is 0 Å². The van der Waals surface area contributed by atoms with E-state index in [2.05, 4.69) is 36.4 Å². The van der Waals surface area contributed by atoms with Gasteiger partial charge in [0, 0.05) is 62.4 Å². The summed E-state index contributed by atoms with van der Waals surface area (Å²) in [6, 6.07) is 28.3. The Morgan fingerprint density at radius 2 is 1.12 bits per heavy atom. The molecule has 5 heteroatoms. The molecule has 10 aromatic rings. The quantitative estimate of drug-likeness (QED) is 0.189. The zero-order valence-electron chi connectivity index (χ0n) is 33.9. The minimum absolute atomic E-state index is 0.00730. The number of hydrogen-bond acceptors (Lipinski definition) is 5. The van der Waals surface area contributed by atoms with Gasteiger partial charge in [0.05, 0.1) is 12.3 Å². The van der Waals surface area contributed by atoms with E-state index in [0.29, 0.717) is 11.1 Å². The van der Waals surface area contributed by atoms with Crippen LogP contribution in [0.3, 0.4) is 0 Å². The van der Waals surface area contributed by atoms with Crippen molar-refractivity contribution in [3.05, 3.63) is 151 Å². The van der Waals surface area contributed by atoms with Crippen LogP contribution in [0, 0.1) is 0 Å². The molecule has 0 radical (unpaired) electrons. The summed E-state index contributed by atoms with van der Waals surface area (Å²) in [4.78, 5) is 14.8. The van der Waals surface area contributed by atoms with Crippen molar-refractivity contribution >= 4 is 73.8 Å². The number of nitrogens with zero attached hydrogens (tertiary/aromatic N) is 3. The van der Waals surface area contributed by atoms with Crippen LogP contribution in [0.4, 0.5) is 0 Å². The largest absolute Gasteiger partial charge is 0.208 e. The van der Waals surface area contributed by atoms with E-state index in [0.717, 1.165) is 42.6 Å². The molecular weight excluding hydrogens is 623 g/mol. The van der Waals surface area contributed by atoms with Crippen LogP contribution in [0.25, 0.3) is 96.4 Å². The zero-order valence-corrected chi connectivity index (χ0v) is 26.5. The molecule has 0 bridgehead atoms. The van der Waals surface area contributed by atoms with Crippen LogP contribution in [-0.4, -0.2) is 15.0 Å². The van der Waals surface area contributed by atoms with Crippen LogP contribution in [0.15, 0.2) is 151 Å². The second-order valence-corrected chi connectivity index (χ2v) is 13.4. The fourth-order valence-electron chi connectivity index (χ4n) is 6.30. The van der Waals surface area contributed by atoms with Crippen molar-refractivity contribution in [2.75, 3.05) is 0 Å². The van der Waals surface area contributed by atoms with Crippen molar-refractivity contribution in [1.29, 1.82) is 0 Å². The number of aromatic nitrogens is 3. The number of rotatable bonds is 4. The molecule has 3 aromatic heterocycles. The van der Waals surface area contributed by atoms with E-state index in [1.54, 1.807) is 11.3 Å². The Bertz CT molecular complexity index is 3350. The molecule has 7 aromatic carbocycles. The van der Waals surface area contributed by atoms with Crippen molar-refractivity contribution in [2.24, 2.45) is 0 Å². The van der Waals surface area contributed by atoms with Gasteiger partial charge < -0.3 is 0 Å². The Balaban J connectivity index is 1.30. The molecule has 0 unspecified atom stereocenters. The van der Waals surface area contributed by atoms with Gasteiger partial charge in [-0.2, -0.15) is 0 Å². The lowest BCUT2D eigenvalue weighted by Gasteiger charge is -2.11. The van der Waals surface area contributed by atoms with Gasteiger partial charge in [-0.05, 0) is 40.7 Å². The monoisotopic (exact) mass is 656 g/mol. The summed E-state index contributed by atoms with van der Waals surface area (Å²) in [5.41, 5.74) is 3.58. The molecule has 0 spiro atoms. The standard InChI is InChI=1S/C43H25N3S2/c1-3-12-26(13-4-1)29-19-11-21-37-39(29)33-23-22-28(24-38(33)47-37)42-44-41(27-14-5-2-6-15-27)45-43(46-42)35-25-34-31-17-9-10-20-36(31)48-40(34)32-18-8-7-16-30(32)35/h1-25H/i7D,8D,9D,10D,16D,17D,18D,20D,25D. The Labute approximate surface area is 297 Å². The fourth-order valence-corrected chi connectivity index (χ4v) is 8.54. The highest BCUT2D eigenvalue weighted by Crippen LogP contribution is 2.44. The molecule has 224 valence electrons. The Hall–Kier alpha value is -5.75. The molecule has 0 fully saturated rings. The van der Waals surface area contributed by atoms with Crippen LogP contribution >= 0.6 is 22.7 Å². The van der Waals surface area contributed by atoms with Gasteiger partial charge in [0.2, 0.25) is 0 Å². The lowest BCUT2D eigenvalue weighted by molar-refractivity contribution is 1.08. The predicted octanol–water partition coefficient (Wildman–Crippen LogP) is 12.4. The summed E-state index contributed by atoms with van der Waals surface area (Å²) in [6.07, 6.45) is 0. The first-order valence-electron chi connectivity index (χ1n) is 19.7. The Morgan fingerprint density at radius 1 is 0.438 bits per heavy atom. The Morgan fingerprint density at radius 3 is 1.94 bits per heavy atom. The molecular formula is C43H25N3S2. The molecule has 0 aliphatic carbocycles. The van der Waals surface area contributed by atoms with E-state index in [1.165, 1.54) is 0 Å². The van der Waals surface area contributed by atoms with E-state index in [9.17, 15) is 1.37 Å². The first kappa shape index (κ1) is 19.8. The summed E-state index contributed by atoms with van der Waals surface area (Å²) >= 11 is 2.64. The lowest BCUT2D eigenvalue weighted by Crippen LogP contribution is -2.00. The third kappa shape index (κ3) is 4.36. The van der Waals surface area contributed by atoms with Crippen LogP contribution in [0.1, 0.15) is 12.3 Å². The van der Waals surface area contributed by atoms with Crippen LogP contribution in [0.5, 0.6) is 0 Å². The minimum Gasteiger partial charge on any atom is -0.208 e. The van der Waals surface area contributed by atoms with E-state index in [4.69, 9.17) is 25.9 Å². The number of hydrogen-bond donors (Lipinski definition) is 0. The normalized spacial score (nSPS) is 14.4. The molecule has 0 N–H and O–H groups in total. The van der Waals surface area contributed by atoms with Gasteiger partial charge in [-0.15, -0.1) is 22.7 Å². The molecule has 0 amide bonds. The number of thiophene rings is 2. The van der Waals surface area contributed by atoms with E-state index in [-0.39, 0.29) is 78.2 Å². The maximum absolute atomic E-state index is 9.75. The Kier molecular flexibility index (Phi) is 4.50. The second-order valence-electron chi connectivity index (χ2n) is 11.3. The first-order valence-corrected chi connectivity index (χ1v) is 16.8. The average molecular weight is 657 g/mol. The average Bonchev–Trinajstić information content (AvgIpc) is 3.83. The second kappa shape index (κ2) is 10.9. The van der Waals surface area contributed by atoms with Crippen LogP contribution in [-0.2, 0) is 0 Å². The lowest BCUT2D eigenvalue weighted by atomic mass is 9.99. The van der Waals surface area contributed by atoms with Gasteiger partial charge >= 0.3 is 0 Å². The predicted molar refractivity (Wildman–Crippen MR) is 205 cm³/mol. The fraction of sp³-hybridized carbons (Fsp3) is 0. The van der Waals surface area contributed by atoms with Crippen molar-refractivity contribution in [1.82, 2.24) is 15.0 Å². The maximum atomic E-state index is 9.75. The highest BCUT2D eigenvalue weighted by atomic mass is 32.1. The van der Waals surface area contributed by atoms with Crippen molar-refractivity contribution < 1.29 is 12.3 Å². The SMILES string of the molecule is [2H]c1c([2H])c([2H])c2c(sc3c4c([2H])c([2H])c([2H])c([2H])c4c(-c4nc(-c5ccccc5)nc(-c5ccc6c(c5)sc5cccc(-c7ccccc7)c56)n4)c([2H])c32)c1[2H]. The summed E-state index contributed by atoms with van der Waals surface area (Å²) < 4.78 is 82.2. The van der Waals surface area contributed by atoms with Gasteiger partial charge in [-0.3, -0.25) is 0 Å². The summed E-state index contributed by atoms with van der Waals surface area (Å²) in [5, 5.41) is 2.56. The van der Waals surface area contributed by atoms with Crippen molar-refractivity contribution in [3.63, 3.8) is 0 Å². The van der Waals surface area contributed by atoms with Crippen molar-refractivity contribution in [2.45, 2.75) is 0 Å². The topological polar surface area (TPSA) is 38.7 Å². The van der Waals surface area contributed by atoms with E-state index in [1.807, 2.05) is 60.7 Å². The molecule has 0 atom stereocenters. The molecule has 3 nitrogen and oxygen atoms in total. The first-order chi connectivity index (χ1) is 27.5. The van der Waals surface area contributed by atoms with Gasteiger partial charge in [-0.1, -0.05) is 127 Å². The molecule has 0 saturated carbocycles. The molecule has 10 rings (SSSR count). The highest BCUT2D eigenvalue weighted by molar-refractivity contribution is 7.27. The molecule has 0 aliphatic heterocycles. The number of fused-ring (bicyclic) bond motifs is 8. The molecule has 0 saturated heterocycles. The third-order valence-electron chi connectivity index (χ3n) is 8.48. The van der Waals surface area contributed by atoms with Gasteiger partial charge in [-0.25, -0.2) is 15.0 Å². The minimum atomic E-state index is -0.500. The van der Waals surface area contributed by atoms with E-state index < -0.39 is 30.2 Å². The highest BCUT2D eigenvalue weighted by Gasteiger charge is 2.19. The zero-order chi connectivity index (χ0) is 39.4. The molecule has 0 aliphatic rings. The molecule has 3 heterocycles. The van der Waals surface area contributed by atoms with Crippen molar-refractivity contribution in [3.8, 4) is 45.3 Å².